The fourth-order valence-electron chi connectivity index (χ4n) is 1.61. The molecule has 1 rings (SSSR count). The Morgan fingerprint density at radius 2 is 2.06 bits per heavy atom. The van der Waals surface area contributed by atoms with Crippen molar-refractivity contribution in [3.63, 3.8) is 0 Å². The van der Waals surface area contributed by atoms with E-state index in [0.29, 0.717) is 0 Å². The first-order valence-electron chi connectivity index (χ1n) is 5.89. The van der Waals surface area contributed by atoms with Crippen molar-refractivity contribution in [1.29, 1.82) is 0 Å². The topological polar surface area (TPSA) is 58.2 Å². The van der Waals surface area contributed by atoms with E-state index in [4.69, 9.17) is 0 Å². The van der Waals surface area contributed by atoms with Crippen LogP contribution in [-0.4, -0.2) is 17.4 Å². The lowest BCUT2D eigenvalue weighted by Crippen LogP contribution is -2.42. The molecule has 1 aromatic rings. The summed E-state index contributed by atoms with van der Waals surface area (Å²) in [5.74, 6) is -0.188. The van der Waals surface area contributed by atoms with Gasteiger partial charge in [0.25, 0.3) is 0 Å². The van der Waals surface area contributed by atoms with Crippen LogP contribution in [0.5, 0.6) is 0 Å². The van der Waals surface area contributed by atoms with Crippen LogP contribution >= 0.6 is 11.3 Å². The highest BCUT2D eigenvalue weighted by Gasteiger charge is 2.20. The molecule has 0 spiro atoms. The van der Waals surface area contributed by atoms with Crippen LogP contribution in [0.2, 0.25) is 0 Å². The van der Waals surface area contributed by atoms with Crippen LogP contribution in [0, 0.1) is 0 Å². The maximum atomic E-state index is 11.9. The standard InChI is InChI=1S/C13H20N2O2S/c1-9(16)14-10(11-6-5-7-18-11)8-12(17)15-13(2,3)4/h5-7,10H,8H2,1-4H3,(H,14,16)(H,15,17). The third kappa shape index (κ3) is 5.31. The molecule has 4 nitrogen and oxygen atoms in total. The molecule has 100 valence electrons. The van der Waals surface area contributed by atoms with Gasteiger partial charge in [-0.05, 0) is 32.2 Å². The number of thiophene rings is 1. The summed E-state index contributed by atoms with van der Waals surface area (Å²) in [5, 5.41) is 7.65. The van der Waals surface area contributed by atoms with E-state index < -0.39 is 0 Å². The number of carbonyl (C=O) groups is 2. The molecule has 1 unspecified atom stereocenters. The van der Waals surface area contributed by atoms with Gasteiger partial charge in [-0.15, -0.1) is 11.3 Å². The normalized spacial score (nSPS) is 12.9. The third-order valence-corrected chi connectivity index (χ3v) is 3.15. The van der Waals surface area contributed by atoms with Gasteiger partial charge in [0.2, 0.25) is 11.8 Å². The quantitative estimate of drug-likeness (QED) is 0.879. The highest BCUT2D eigenvalue weighted by molar-refractivity contribution is 7.10. The number of amides is 2. The van der Waals surface area contributed by atoms with Gasteiger partial charge in [0.15, 0.2) is 0 Å². The zero-order chi connectivity index (χ0) is 13.8. The van der Waals surface area contributed by atoms with E-state index in [1.165, 1.54) is 18.3 Å². The third-order valence-electron chi connectivity index (χ3n) is 2.17. The Bertz CT molecular complexity index is 407. The van der Waals surface area contributed by atoms with E-state index in [1.807, 2.05) is 38.3 Å². The van der Waals surface area contributed by atoms with Crippen molar-refractivity contribution >= 4 is 23.2 Å². The lowest BCUT2D eigenvalue weighted by atomic mass is 10.1. The smallest absolute Gasteiger partial charge is 0.222 e. The van der Waals surface area contributed by atoms with Crippen molar-refractivity contribution in [2.75, 3.05) is 0 Å². The van der Waals surface area contributed by atoms with E-state index in [9.17, 15) is 9.59 Å². The molecule has 0 fully saturated rings. The minimum Gasteiger partial charge on any atom is -0.351 e. The van der Waals surface area contributed by atoms with Crippen LogP contribution in [0.1, 0.15) is 45.0 Å². The van der Waals surface area contributed by atoms with Crippen molar-refractivity contribution < 1.29 is 9.59 Å². The van der Waals surface area contributed by atoms with Gasteiger partial charge in [-0.25, -0.2) is 0 Å². The zero-order valence-electron chi connectivity index (χ0n) is 11.2. The first-order chi connectivity index (χ1) is 8.28. The Labute approximate surface area is 112 Å². The maximum Gasteiger partial charge on any atom is 0.222 e. The molecule has 0 saturated carbocycles. The highest BCUT2D eigenvalue weighted by Crippen LogP contribution is 2.22. The molecule has 0 aliphatic rings. The summed E-state index contributed by atoms with van der Waals surface area (Å²) < 4.78 is 0. The summed E-state index contributed by atoms with van der Waals surface area (Å²) in [4.78, 5) is 24.1. The molecule has 1 heterocycles. The molecule has 0 aliphatic carbocycles. The average Bonchev–Trinajstić information content (AvgIpc) is 2.64. The van der Waals surface area contributed by atoms with Gasteiger partial charge in [0.1, 0.15) is 0 Å². The molecule has 18 heavy (non-hydrogen) atoms. The molecule has 2 N–H and O–H groups in total. The van der Waals surface area contributed by atoms with Crippen molar-refractivity contribution in [1.82, 2.24) is 10.6 Å². The molecule has 2 amide bonds. The summed E-state index contributed by atoms with van der Waals surface area (Å²) in [6, 6.07) is 3.59. The maximum absolute atomic E-state index is 11.9. The number of carbonyl (C=O) groups excluding carboxylic acids is 2. The number of nitrogens with one attached hydrogen (secondary N) is 2. The SMILES string of the molecule is CC(=O)NC(CC(=O)NC(C)(C)C)c1cccs1. The fourth-order valence-corrected chi connectivity index (χ4v) is 2.39. The lowest BCUT2D eigenvalue weighted by molar-refractivity contribution is -0.123. The predicted octanol–water partition coefficient (Wildman–Crippen LogP) is 2.23. The summed E-state index contributed by atoms with van der Waals surface area (Å²) in [5.41, 5.74) is -0.257. The summed E-state index contributed by atoms with van der Waals surface area (Å²) in [7, 11) is 0. The molecular weight excluding hydrogens is 248 g/mol. The van der Waals surface area contributed by atoms with Crippen molar-refractivity contribution in [2.24, 2.45) is 0 Å². The molecule has 0 bridgehead atoms. The Balaban J connectivity index is 2.68. The minimum atomic E-state index is -0.257. The summed E-state index contributed by atoms with van der Waals surface area (Å²) in [6.07, 6.45) is 0.261. The van der Waals surface area contributed by atoms with Crippen LogP contribution in [0.3, 0.4) is 0 Å². The van der Waals surface area contributed by atoms with Gasteiger partial charge in [0.05, 0.1) is 12.5 Å². The molecule has 5 heteroatoms. The van der Waals surface area contributed by atoms with Crippen LogP contribution in [0.15, 0.2) is 17.5 Å². The van der Waals surface area contributed by atoms with Crippen LogP contribution < -0.4 is 10.6 Å². The van der Waals surface area contributed by atoms with E-state index >= 15 is 0 Å². The van der Waals surface area contributed by atoms with E-state index in [1.54, 1.807) is 0 Å². The minimum absolute atomic E-state index is 0.0605. The largest absolute Gasteiger partial charge is 0.351 e. The molecule has 0 aliphatic heterocycles. The number of rotatable bonds is 4. The van der Waals surface area contributed by atoms with Gasteiger partial charge in [-0.2, -0.15) is 0 Å². The fraction of sp³-hybridized carbons (Fsp3) is 0.538. The van der Waals surface area contributed by atoms with Gasteiger partial charge in [-0.1, -0.05) is 6.07 Å². The average molecular weight is 268 g/mol. The van der Waals surface area contributed by atoms with Crippen molar-refractivity contribution in [3.05, 3.63) is 22.4 Å². The first kappa shape index (κ1) is 14.7. The van der Waals surface area contributed by atoms with Crippen molar-refractivity contribution in [3.8, 4) is 0 Å². The van der Waals surface area contributed by atoms with Gasteiger partial charge in [0, 0.05) is 17.3 Å². The molecule has 1 aromatic heterocycles. The van der Waals surface area contributed by atoms with Gasteiger partial charge in [-0.3, -0.25) is 9.59 Å². The van der Waals surface area contributed by atoms with Gasteiger partial charge >= 0.3 is 0 Å². The Morgan fingerprint density at radius 3 is 2.50 bits per heavy atom. The number of hydrogen-bond donors (Lipinski definition) is 2. The Morgan fingerprint density at radius 1 is 1.39 bits per heavy atom. The second-order valence-electron chi connectivity index (χ2n) is 5.27. The summed E-state index contributed by atoms with van der Waals surface area (Å²) in [6.45, 7) is 7.26. The second-order valence-corrected chi connectivity index (χ2v) is 6.25. The Hall–Kier alpha value is -1.36. The van der Waals surface area contributed by atoms with E-state index in [-0.39, 0.29) is 29.8 Å². The Kier molecular flexibility index (Phi) is 4.90. The summed E-state index contributed by atoms with van der Waals surface area (Å²) >= 11 is 1.54. The van der Waals surface area contributed by atoms with Crippen molar-refractivity contribution in [2.45, 2.75) is 45.7 Å². The second kappa shape index (κ2) is 6.00. The first-order valence-corrected chi connectivity index (χ1v) is 6.77. The van der Waals surface area contributed by atoms with Gasteiger partial charge < -0.3 is 10.6 Å². The zero-order valence-corrected chi connectivity index (χ0v) is 12.1. The highest BCUT2D eigenvalue weighted by atomic mass is 32.1. The van der Waals surface area contributed by atoms with Crippen LogP contribution in [0.4, 0.5) is 0 Å². The van der Waals surface area contributed by atoms with Crippen LogP contribution in [0.25, 0.3) is 0 Å². The molecule has 0 aromatic carbocycles. The number of hydrogen-bond acceptors (Lipinski definition) is 3. The van der Waals surface area contributed by atoms with Crippen LogP contribution in [-0.2, 0) is 9.59 Å². The predicted molar refractivity (Wildman–Crippen MR) is 73.4 cm³/mol. The molecule has 1 atom stereocenters. The monoisotopic (exact) mass is 268 g/mol. The molecule has 0 radical (unpaired) electrons. The molecule has 0 saturated heterocycles. The molecular formula is C13H20N2O2S. The van der Waals surface area contributed by atoms with E-state index in [0.717, 1.165) is 4.88 Å². The lowest BCUT2D eigenvalue weighted by Gasteiger charge is -2.23. The van der Waals surface area contributed by atoms with E-state index in [2.05, 4.69) is 10.6 Å².